The molecular weight excluding hydrogens is 256 g/mol. The first kappa shape index (κ1) is 16.8. The van der Waals surface area contributed by atoms with E-state index in [1.165, 1.54) is 0 Å². The first-order chi connectivity index (χ1) is 8.86. The van der Waals surface area contributed by atoms with Gasteiger partial charge in [-0.25, -0.2) is 9.59 Å². The first-order valence-corrected chi connectivity index (χ1v) is 7.19. The van der Waals surface area contributed by atoms with Gasteiger partial charge in [-0.15, -0.1) is 0 Å². The topological polar surface area (TPSA) is 78.4 Å². The Kier molecular flexibility index (Phi) is 4.42. The van der Waals surface area contributed by atoms with Crippen molar-refractivity contribution in [3.05, 3.63) is 0 Å². The second-order valence-corrected chi connectivity index (χ2v) is 7.98. The van der Waals surface area contributed by atoms with Crippen molar-refractivity contribution in [1.29, 1.82) is 0 Å². The molecule has 0 saturated heterocycles. The summed E-state index contributed by atoms with van der Waals surface area (Å²) in [5.74, 6) is -0.930. The van der Waals surface area contributed by atoms with Crippen molar-refractivity contribution >= 4 is 12.0 Å². The van der Waals surface area contributed by atoms with Gasteiger partial charge in [0.1, 0.15) is 5.54 Å². The van der Waals surface area contributed by atoms with Crippen LogP contribution in [0.4, 0.5) is 4.79 Å². The molecule has 3 N–H and O–H groups in total. The number of urea groups is 1. The lowest BCUT2D eigenvalue weighted by Crippen LogP contribution is -2.60. The van der Waals surface area contributed by atoms with E-state index < -0.39 is 17.5 Å². The third kappa shape index (κ3) is 4.69. The van der Waals surface area contributed by atoms with Gasteiger partial charge in [0.05, 0.1) is 0 Å². The quantitative estimate of drug-likeness (QED) is 0.726. The van der Waals surface area contributed by atoms with Gasteiger partial charge in [0, 0.05) is 5.54 Å². The number of carboxylic acid groups (broad SMARTS) is 1. The molecule has 1 rings (SSSR count). The first-order valence-electron chi connectivity index (χ1n) is 7.19. The van der Waals surface area contributed by atoms with Gasteiger partial charge in [0.2, 0.25) is 0 Å². The van der Waals surface area contributed by atoms with Gasteiger partial charge in [-0.05, 0) is 51.4 Å². The summed E-state index contributed by atoms with van der Waals surface area (Å²) in [6, 6.07) is -0.406. The van der Waals surface area contributed by atoms with Crippen molar-refractivity contribution in [1.82, 2.24) is 10.6 Å². The van der Waals surface area contributed by atoms with Crippen molar-refractivity contribution in [3.63, 3.8) is 0 Å². The Morgan fingerprint density at radius 3 is 1.90 bits per heavy atom. The lowest BCUT2D eigenvalue weighted by Gasteiger charge is -2.35. The van der Waals surface area contributed by atoms with Crippen LogP contribution in [0, 0.1) is 11.3 Å². The van der Waals surface area contributed by atoms with E-state index in [9.17, 15) is 14.7 Å². The number of amides is 2. The molecule has 1 fully saturated rings. The predicted molar refractivity (Wildman–Crippen MR) is 78.6 cm³/mol. The van der Waals surface area contributed by atoms with Crippen molar-refractivity contribution in [3.8, 4) is 0 Å². The van der Waals surface area contributed by atoms with Crippen molar-refractivity contribution in [2.24, 2.45) is 11.3 Å². The highest BCUT2D eigenvalue weighted by Gasteiger charge is 2.49. The number of carboxylic acids is 1. The average Bonchev–Trinajstić information content (AvgIpc) is 2.93. The van der Waals surface area contributed by atoms with Gasteiger partial charge in [-0.1, -0.05) is 20.8 Å². The van der Waals surface area contributed by atoms with Gasteiger partial charge >= 0.3 is 12.0 Å². The highest BCUT2D eigenvalue weighted by Crippen LogP contribution is 2.39. The largest absolute Gasteiger partial charge is 0.480 e. The number of nitrogens with one attached hydrogen (secondary N) is 2. The summed E-state index contributed by atoms with van der Waals surface area (Å²) >= 11 is 0. The molecule has 5 heteroatoms. The molecule has 1 atom stereocenters. The molecule has 1 aliphatic carbocycles. The number of carbonyl (C=O) groups excluding carboxylic acids is 1. The van der Waals surface area contributed by atoms with Crippen LogP contribution in [0.5, 0.6) is 0 Å². The van der Waals surface area contributed by atoms with Crippen molar-refractivity contribution in [2.45, 2.75) is 71.9 Å². The Labute approximate surface area is 121 Å². The minimum absolute atomic E-state index is 0.0384. The third-order valence-electron chi connectivity index (χ3n) is 3.64. The summed E-state index contributed by atoms with van der Waals surface area (Å²) in [4.78, 5) is 23.5. The summed E-state index contributed by atoms with van der Waals surface area (Å²) in [6.07, 6.45) is 2.52. The van der Waals surface area contributed by atoms with E-state index in [1.807, 2.05) is 13.8 Å². The molecule has 0 aromatic carbocycles. The van der Waals surface area contributed by atoms with Crippen LogP contribution < -0.4 is 10.6 Å². The molecule has 0 spiro atoms. The average molecular weight is 284 g/mol. The number of carbonyl (C=O) groups is 2. The zero-order valence-electron chi connectivity index (χ0n) is 13.5. The van der Waals surface area contributed by atoms with Crippen LogP contribution in [-0.4, -0.2) is 28.2 Å². The van der Waals surface area contributed by atoms with Crippen molar-refractivity contribution < 1.29 is 14.7 Å². The molecule has 0 aliphatic heterocycles. The van der Waals surface area contributed by atoms with Crippen LogP contribution >= 0.6 is 0 Å². The van der Waals surface area contributed by atoms with E-state index in [4.69, 9.17) is 0 Å². The highest BCUT2D eigenvalue weighted by atomic mass is 16.4. The van der Waals surface area contributed by atoms with Crippen LogP contribution in [-0.2, 0) is 4.79 Å². The zero-order valence-corrected chi connectivity index (χ0v) is 13.5. The highest BCUT2D eigenvalue weighted by molar-refractivity contribution is 5.86. The molecular formula is C15H28N2O3. The van der Waals surface area contributed by atoms with Crippen LogP contribution in [0.25, 0.3) is 0 Å². The molecule has 2 amide bonds. The van der Waals surface area contributed by atoms with E-state index in [0.29, 0.717) is 0 Å². The molecule has 0 aromatic heterocycles. The predicted octanol–water partition coefficient (Wildman–Crippen LogP) is 2.75. The molecule has 5 nitrogen and oxygen atoms in total. The molecule has 0 bridgehead atoms. The third-order valence-corrected chi connectivity index (χ3v) is 3.64. The van der Waals surface area contributed by atoms with Gasteiger partial charge in [-0.2, -0.15) is 0 Å². The standard InChI is InChI=1S/C15H28N2O3/c1-13(2,3)9-14(4,5)16-12(20)17-15(6,11(18)19)10-7-8-10/h10H,7-9H2,1-6H3,(H,18,19)(H2,16,17,20). The monoisotopic (exact) mass is 284 g/mol. The Balaban J connectivity index is 2.65. The molecule has 0 heterocycles. The fourth-order valence-corrected chi connectivity index (χ4v) is 2.94. The maximum Gasteiger partial charge on any atom is 0.329 e. The molecule has 0 aromatic rings. The Morgan fingerprint density at radius 2 is 1.55 bits per heavy atom. The van der Waals surface area contributed by atoms with E-state index >= 15 is 0 Å². The molecule has 116 valence electrons. The molecule has 1 saturated carbocycles. The lowest BCUT2D eigenvalue weighted by atomic mass is 9.82. The van der Waals surface area contributed by atoms with E-state index in [0.717, 1.165) is 19.3 Å². The van der Waals surface area contributed by atoms with Gasteiger partial charge in [0.15, 0.2) is 0 Å². The maximum absolute atomic E-state index is 12.1. The number of hydrogen-bond acceptors (Lipinski definition) is 2. The lowest BCUT2D eigenvalue weighted by molar-refractivity contribution is -0.144. The number of hydrogen-bond donors (Lipinski definition) is 3. The van der Waals surface area contributed by atoms with Crippen molar-refractivity contribution in [2.75, 3.05) is 0 Å². The smallest absolute Gasteiger partial charge is 0.329 e. The van der Waals surface area contributed by atoms with Crippen LogP contribution in [0.3, 0.4) is 0 Å². The summed E-state index contributed by atoms with van der Waals surface area (Å²) in [7, 11) is 0. The van der Waals surface area contributed by atoms with Gasteiger partial charge in [0.25, 0.3) is 0 Å². The van der Waals surface area contributed by atoms with Crippen LogP contribution in [0.1, 0.15) is 60.8 Å². The molecule has 0 radical (unpaired) electrons. The summed E-state index contributed by atoms with van der Waals surface area (Å²) < 4.78 is 0. The Morgan fingerprint density at radius 1 is 1.05 bits per heavy atom. The van der Waals surface area contributed by atoms with E-state index in [1.54, 1.807) is 6.92 Å². The van der Waals surface area contributed by atoms with Gasteiger partial charge in [-0.3, -0.25) is 0 Å². The van der Waals surface area contributed by atoms with E-state index in [-0.39, 0.29) is 16.9 Å². The molecule has 1 aliphatic rings. The number of rotatable bonds is 5. The minimum atomic E-state index is -1.16. The summed E-state index contributed by atoms with van der Waals surface area (Å²) in [5.41, 5.74) is -1.46. The number of aliphatic carboxylic acids is 1. The van der Waals surface area contributed by atoms with E-state index in [2.05, 4.69) is 31.4 Å². The summed E-state index contributed by atoms with van der Waals surface area (Å²) in [5, 5.41) is 14.9. The summed E-state index contributed by atoms with van der Waals surface area (Å²) in [6.45, 7) is 11.8. The fourth-order valence-electron chi connectivity index (χ4n) is 2.94. The fraction of sp³-hybridized carbons (Fsp3) is 0.867. The second-order valence-electron chi connectivity index (χ2n) is 7.98. The zero-order chi connectivity index (χ0) is 15.8. The second kappa shape index (κ2) is 5.26. The molecule has 1 unspecified atom stereocenters. The Hall–Kier alpha value is -1.26. The SMILES string of the molecule is CC(C)(C)CC(C)(C)NC(=O)NC(C)(C(=O)O)C1CC1. The minimum Gasteiger partial charge on any atom is -0.480 e. The van der Waals surface area contributed by atoms with Gasteiger partial charge < -0.3 is 15.7 Å². The van der Waals surface area contributed by atoms with Crippen LogP contribution in [0.2, 0.25) is 0 Å². The van der Waals surface area contributed by atoms with Crippen LogP contribution in [0.15, 0.2) is 0 Å². The Bertz CT molecular complexity index is 394. The molecule has 20 heavy (non-hydrogen) atoms. The maximum atomic E-state index is 12.1. The normalized spacial score (nSPS) is 19.1.